The molecule has 2 rings (SSSR count). The highest BCUT2D eigenvalue weighted by Crippen LogP contribution is 2.60. The largest absolute Gasteiger partial charge is 0.497 e. The van der Waals surface area contributed by atoms with Gasteiger partial charge < -0.3 is 28.4 Å². The number of hydrogen-bond acceptors (Lipinski definition) is 6. The fraction of sp³-hybridized carbons (Fsp3) is 0.455. The van der Waals surface area contributed by atoms with Crippen molar-refractivity contribution in [2.75, 3.05) is 28.4 Å². The maximum Gasteiger partial charge on any atom is 0.471 e. The lowest BCUT2D eigenvalue weighted by molar-refractivity contribution is -0.461. The summed E-state index contributed by atoms with van der Waals surface area (Å²) in [5.74, 6) is -36.4. The second-order valence-corrected chi connectivity index (χ2v) is 7.57. The molecular formula is C22H18F12O6. The van der Waals surface area contributed by atoms with Crippen LogP contribution in [0.2, 0.25) is 0 Å². The third kappa shape index (κ3) is 5.26. The van der Waals surface area contributed by atoms with Crippen LogP contribution in [0.15, 0.2) is 36.4 Å². The summed E-state index contributed by atoms with van der Waals surface area (Å²) in [6, 6.07) is 4.21. The van der Waals surface area contributed by atoms with E-state index in [4.69, 9.17) is 0 Å². The normalized spacial score (nSPS) is 13.5. The van der Waals surface area contributed by atoms with Gasteiger partial charge in [0.05, 0.1) is 28.4 Å². The van der Waals surface area contributed by atoms with Gasteiger partial charge in [-0.2, -0.15) is 52.7 Å². The molecule has 0 unspecified atom stereocenters. The average molecular weight is 606 g/mol. The molecule has 40 heavy (non-hydrogen) atoms. The number of hydrogen-bond donors (Lipinski definition) is 0. The maximum absolute atomic E-state index is 14.3. The first-order valence-corrected chi connectivity index (χ1v) is 10.3. The summed E-state index contributed by atoms with van der Waals surface area (Å²) in [6.45, 7) is 0. The van der Waals surface area contributed by atoms with Gasteiger partial charge in [-0.3, -0.25) is 0 Å². The van der Waals surface area contributed by atoms with Crippen molar-refractivity contribution in [3.8, 4) is 34.5 Å². The molecule has 0 saturated carbocycles. The van der Waals surface area contributed by atoms with E-state index in [0.29, 0.717) is 12.1 Å². The van der Waals surface area contributed by atoms with Crippen molar-refractivity contribution in [2.24, 2.45) is 0 Å². The van der Waals surface area contributed by atoms with Gasteiger partial charge in [-0.05, 0) is 24.3 Å². The summed E-state index contributed by atoms with van der Waals surface area (Å²) in [5, 5.41) is 0. The van der Waals surface area contributed by atoms with Gasteiger partial charge in [-0.15, -0.1) is 0 Å². The van der Waals surface area contributed by atoms with Crippen LogP contribution in [0.4, 0.5) is 52.7 Å². The summed E-state index contributed by atoms with van der Waals surface area (Å²) in [6.07, 6.45) is -13.5. The quantitative estimate of drug-likeness (QED) is 0.231. The molecule has 0 aromatic heterocycles. The standard InChI is InChI=1S/C22H18F12O6/c1-35-11-5-7-13(37-3)15(9-11)39-21(31,32)19(27,28)17(23,24)18(25,26)20(29,30)22(33,34)40-16-10-12(36-2)6-8-14(16)38-4/h5-10H,1-4H3. The van der Waals surface area contributed by atoms with Crippen LogP contribution in [-0.2, 0) is 0 Å². The van der Waals surface area contributed by atoms with Crippen molar-refractivity contribution in [1.82, 2.24) is 0 Å². The zero-order chi connectivity index (χ0) is 30.9. The molecule has 0 saturated heterocycles. The summed E-state index contributed by atoms with van der Waals surface area (Å²) in [7, 11) is 3.43. The third-order valence-corrected chi connectivity index (χ3v) is 5.13. The molecular weight excluding hydrogens is 588 g/mol. The Morgan fingerprint density at radius 1 is 0.400 bits per heavy atom. The van der Waals surface area contributed by atoms with E-state index in [2.05, 4.69) is 28.4 Å². The van der Waals surface area contributed by atoms with Gasteiger partial charge in [0.1, 0.15) is 11.5 Å². The molecule has 0 heterocycles. The van der Waals surface area contributed by atoms with E-state index < -0.39 is 70.4 Å². The van der Waals surface area contributed by atoms with Gasteiger partial charge in [-0.25, -0.2) is 0 Å². The molecule has 0 amide bonds. The number of alkyl halides is 12. The Bertz CT molecular complexity index is 1100. The molecule has 0 N–H and O–H groups in total. The highest BCUT2D eigenvalue weighted by atomic mass is 19.4. The molecule has 2 aromatic carbocycles. The molecule has 0 fully saturated rings. The van der Waals surface area contributed by atoms with E-state index in [1.165, 1.54) is 0 Å². The predicted molar refractivity (Wildman–Crippen MR) is 110 cm³/mol. The van der Waals surface area contributed by atoms with Crippen molar-refractivity contribution in [3.05, 3.63) is 36.4 Å². The van der Waals surface area contributed by atoms with Crippen molar-refractivity contribution in [1.29, 1.82) is 0 Å². The summed E-state index contributed by atoms with van der Waals surface area (Å²) < 4.78 is 197. The molecule has 0 radical (unpaired) electrons. The van der Waals surface area contributed by atoms with E-state index in [0.717, 1.165) is 52.7 Å². The van der Waals surface area contributed by atoms with Gasteiger partial charge in [0.25, 0.3) is 0 Å². The molecule has 6 nitrogen and oxygen atoms in total. The van der Waals surface area contributed by atoms with Crippen molar-refractivity contribution in [3.63, 3.8) is 0 Å². The molecule has 0 aliphatic heterocycles. The van der Waals surface area contributed by atoms with Crippen LogP contribution < -0.4 is 28.4 Å². The highest BCUT2D eigenvalue weighted by molar-refractivity contribution is 5.46. The van der Waals surface area contributed by atoms with Crippen LogP contribution in [0.5, 0.6) is 34.5 Å². The topological polar surface area (TPSA) is 55.4 Å². The fourth-order valence-corrected chi connectivity index (χ4v) is 2.89. The van der Waals surface area contributed by atoms with E-state index in [1.54, 1.807) is 0 Å². The molecule has 18 heteroatoms. The van der Waals surface area contributed by atoms with Gasteiger partial charge in [0.2, 0.25) is 0 Å². The second kappa shape index (κ2) is 10.8. The summed E-state index contributed by atoms with van der Waals surface area (Å²) in [5.41, 5.74) is 0. The zero-order valence-corrected chi connectivity index (χ0v) is 20.4. The smallest absolute Gasteiger partial charge is 0.471 e. The summed E-state index contributed by atoms with van der Waals surface area (Å²) >= 11 is 0. The number of methoxy groups -OCH3 is 4. The third-order valence-electron chi connectivity index (χ3n) is 5.13. The minimum atomic E-state index is -7.91. The molecule has 2 aromatic rings. The number of rotatable bonds is 13. The van der Waals surface area contributed by atoms with Crippen molar-refractivity contribution < 1.29 is 81.1 Å². The molecule has 0 aliphatic carbocycles. The fourth-order valence-electron chi connectivity index (χ4n) is 2.89. The van der Waals surface area contributed by atoms with Gasteiger partial charge in [0.15, 0.2) is 23.0 Å². The summed E-state index contributed by atoms with van der Waals surface area (Å²) in [4.78, 5) is 0. The Morgan fingerprint density at radius 2 is 0.700 bits per heavy atom. The van der Waals surface area contributed by atoms with Gasteiger partial charge in [0, 0.05) is 12.1 Å². The Hall–Kier alpha value is -3.60. The van der Waals surface area contributed by atoms with Crippen LogP contribution >= 0.6 is 0 Å². The van der Waals surface area contributed by atoms with E-state index in [1.807, 2.05) is 0 Å². The molecule has 226 valence electrons. The lowest BCUT2D eigenvalue weighted by Gasteiger charge is -2.40. The average Bonchev–Trinajstić information content (AvgIpc) is 2.87. The number of ether oxygens (including phenoxy) is 6. The first-order chi connectivity index (χ1) is 18.2. The molecule has 0 atom stereocenters. The minimum absolute atomic E-state index is 0.372. The van der Waals surface area contributed by atoms with Crippen molar-refractivity contribution in [2.45, 2.75) is 35.9 Å². The predicted octanol–water partition coefficient (Wildman–Crippen LogP) is 6.91. The first-order valence-electron chi connectivity index (χ1n) is 10.3. The van der Waals surface area contributed by atoms with Crippen LogP contribution in [0, 0.1) is 0 Å². The van der Waals surface area contributed by atoms with Crippen LogP contribution in [-0.4, -0.2) is 64.3 Å². The van der Waals surface area contributed by atoms with Crippen LogP contribution in [0.1, 0.15) is 0 Å². The first kappa shape index (κ1) is 32.6. The zero-order valence-electron chi connectivity index (χ0n) is 20.4. The highest BCUT2D eigenvalue weighted by Gasteiger charge is 2.92. The minimum Gasteiger partial charge on any atom is -0.497 e. The van der Waals surface area contributed by atoms with Gasteiger partial charge in [-0.1, -0.05) is 0 Å². The van der Waals surface area contributed by atoms with E-state index >= 15 is 0 Å². The SMILES string of the molecule is COc1ccc(OC)c(OC(F)(F)C(F)(F)C(F)(F)C(F)(F)C(F)(F)C(F)(F)Oc2cc(OC)ccc2OC)c1. The van der Waals surface area contributed by atoms with E-state index in [-0.39, 0.29) is 0 Å². The lowest BCUT2D eigenvalue weighted by Crippen LogP contribution is -2.72. The second-order valence-electron chi connectivity index (χ2n) is 7.57. The lowest BCUT2D eigenvalue weighted by atomic mass is 9.97. The van der Waals surface area contributed by atoms with Crippen LogP contribution in [0.25, 0.3) is 0 Å². The number of halogens is 12. The Labute approximate surface area is 217 Å². The molecule has 0 aliphatic rings. The Morgan fingerprint density at radius 3 is 0.950 bits per heavy atom. The maximum atomic E-state index is 14.3. The Kier molecular flexibility index (Phi) is 8.77. The van der Waals surface area contributed by atoms with Crippen LogP contribution in [0.3, 0.4) is 0 Å². The van der Waals surface area contributed by atoms with Crippen molar-refractivity contribution >= 4 is 0 Å². The van der Waals surface area contributed by atoms with E-state index in [9.17, 15) is 52.7 Å². The molecule has 0 bridgehead atoms. The monoisotopic (exact) mass is 606 g/mol. The van der Waals surface area contributed by atoms with Gasteiger partial charge >= 0.3 is 35.9 Å². The molecule has 0 spiro atoms. The number of benzene rings is 2. The Balaban J connectivity index is 2.54.